The van der Waals surface area contributed by atoms with Crippen molar-refractivity contribution in [2.45, 2.75) is 50.8 Å². The molecule has 0 aliphatic carbocycles. The number of unbranched alkanes of at least 4 members (excludes halogenated alkanes) is 2. The third kappa shape index (κ3) is 5.16. The predicted octanol–water partition coefficient (Wildman–Crippen LogP) is 5.38. The average molecular weight is 300 g/mol. The van der Waals surface area contributed by atoms with Gasteiger partial charge in [0, 0.05) is 17.3 Å². The molecule has 2 aromatic rings. The van der Waals surface area contributed by atoms with Gasteiger partial charge in [0.05, 0.1) is 11.4 Å². The van der Waals surface area contributed by atoms with Gasteiger partial charge in [-0.2, -0.15) is 0 Å². The average Bonchev–Trinajstić information content (AvgIpc) is 2.54. The minimum absolute atomic E-state index is 0.981. The Morgan fingerprint density at radius 1 is 0.905 bits per heavy atom. The summed E-state index contributed by atoms with van der Waals surface area (Å²) >= 11 is 1.90. The number of rotatable bonds is 8. The van der Waals surface area contributed by atoms with Gasteiger partial charge in [-0.1, -0.05) is 26.7 Å². The van der Waals surface area contributed by atoms with Crippen molar-refractivity contribution in [1.29, 1.82) is 0 Å². The normalized spacial score (nSPS) is 10.8. The van der Waals surface area contributed by atoms with Gasteiger partial charge in [0.15, 0.2) is 0 Å². The molecule has 0 aliphatic rings. The van der Waals surface area contributed by atoms with Crippen molar-refractivity contribution in [3.63, 3.8) is 0 Å². The first-order valence-corrected chi connectivity index (χ1v) is 8.86. The lowest BCUT2D eigenvalue weighted by Crippen LogP contribution is -1.91. The molecule has 2 rings (SSSR count). The van der Waals surface area contributed by atoms with E-state index in [2.05, 4.69) is 48.1 Å². The fourth-order valence-electron chi connectivity index (χ4n) is 2.13. The van der Waals surface area contributed by atoms with E-state index in [9.17, 15) is 0 Å². The SMILES string of the molecule is CCCCSc1ccnc(-c2cc(CCCC)ccn2)c1. The van der Waals surface area contributed by atoms with Gasteiger partial charge in [0.25, 0.3) is 0 Å². The van der Waals surface area contributed by atoms with Crippen LogP contribution in [0.25, 0.3) is 11.4 Å². The third-order valence-corrected chi connectivity index (χ3v) is 4.48. The molecule has 2 aromatic heterocycles. The number of hydrogen-bond acceptors (Lipinski definition) is 3. The van der Waals surface area contributed by atoms with Gasteiger partial charge in [0.2, 0.25) is 0 Å². The first kappa shape index (κ1) is 16.0. The van der Waals surface area contributed by atoms with Crippen molar-refractivity contribution in [1.82, 2.24) is 9.97 Å². The van der Waals surface area contributed by atoms with Crippen LogP contribution in [0.4, 0.5) is 0 Å². The molecule has 0 amide bonds. The molecule has 0 N–H and O–H groups in total. The standard InChI is InChI=1S/C18H24N2S/c1-3-5-7-15-8-10-19-17(13-15)18-14-16(9-11-20-18)21-12-6-4-2/h8-11,13-14H,3-7,12H2,1-2H3. The van der Waals surface area contributed by atoms with E-state index < -0.39 is 0 Å². The highest BCUT2D eigenvalue weighted by Gasteiger charge is 2.04. The van der Waals surface area contributed by atoms with Gasteiger partial charge < -0.3 is 0 Å². The van der Waals surface area contributed by atoms with Gasteiger partial charge in [-0.25, -0.2) is 0 Å². The van der Waals surface area contributed by atoms with Crippen LogP contribution in [0.15, 0.2) is 41.6 Å². The lowest BCUT2D eigenvalue weighted by Gasteiger charge is -2.06. The van der Waals surface area contributed by atoms with Crippen LogP contribution >= 0.6 is 11.8 Å². The topological polar surface area (TPSA) is 25.8 Å². The van der Waals surface area contributed by atoms with Gasteiger partial charge in [0.1, 0.15) is 0 Å². The molecular formula is C18H24N2S. The Balaban J connectivity index is 2.11. The molecule has 2 nitrogen and oxygen atoms in total. The Kier molecular flexibility index (Phi) is 6.74. The zero-order valence-corrected chi connectivity index (χ0v) is 13.8. The minimum atomic E-state index is 0.981. The number of nitrogens with zero attached hydrogens (tertiary/aromatic N) is 2. The Morgan fingerprint density at radius 3 is 2.38 bits per heavy atom. The second kappa shape index (κ2) is 8.83. The molecule has 0 spiro atoms. The maximum Gasteiger partial charge on any atom is 0.0897 e. The summed E-state index contributed by atoms with van der Waals surface area (Å²) in [6.45, 7) is 4.45. The summed E-state index contributed by atoms with van der Waals surface area (Å²) in [4.78, 5) is 10.3. The van der Waals surface area contributed by atoms with Crippen LogP contribution in [-0.4, -0.2) is 15.7 Å². The molecule has 0 atom stereocenters. The first-order chi connectivity index (χ1) is 10.3. The molecule has 0 radical (unpaired) electrons. The number of thioether (sulfide) groups is 1. The van der Waals surface area contributed by atoms with Gasteiger partial charge in [-0.3, -0.25) is 9.97 Å². The van der Waals surface area contributed by atoms with Crippen LogP contribution in [0.1, 0.15) is 45.1 Å². The molecule has 0 fully saturated rings. The van der Waals surface area contributed by atoms with E-state index in [0.717, 1.165) is 17.8 Å². The fourth-order valence-corrected chi connectivity index (χ4v) is 3.15. The smallest absolute Gasteiger partial charge is 0.0897 e. The molecule has 0 saturated carbocycles. The maximum atomic E-state index is 4.48. The van der Waals surface area contributed by atoms with Crippen LogP contribution in [0.3, 0.4) is 0 Å². The summed E-state index contributed by atoms with van der Waals surface area (Å²) in [5.74, 6) is 1.17. The Labute approximate surface area is 132 Å². The van der Waals surface area contributed by atoms with Gasteiger partial charge in [-0.05, 0) is 54.8 Å². The molecule has 0 saturated heterocycles. The van der Waals surface area contributed by atoms with E-state index >= 15 is 0 Å². The maximum absolute atomic E-state index is 4.48. The van der Waals surface area contributed by atoms with E-state index in [0.29, 0.717) is 0 Å². The quantitative estimate of drug-likeness (QED) is 0.483. The van der Waals surface area contributed by atoms with Crippen LogP contribution in [0.5, 0.6) is 0 Å². The van der Waals surface area contributed by atoms with E-state index in [-0.39, 0.29) is 0 Å². The highest BCUT2D eigenvalue weighted by atomic mass is 32.2. The second-order valence-corrected chi connectivity index (χ2v) is 6.40. The van der Waals surface area contributed by atoms with Crippen molar-refractivity contribution in [2.24, 2.45) is 0 Å². The van der Waals surface area contributed by atoms with Gasteiger partial charge in [-0.15, -0.1) is 11.8 Å². The van der Waals surface area contributed by atoms with Crippen molar-refractivity contribution < 1.29 is 0 Å². The van der Waals surface area contributed by atoms with E-state index in [1.165, 1.54) is 41.9 Å². The molecule has 112 valence electrons. The number of aromatic nitrogens is 2. The zero-order chi connectivity index (χ0) is 14.9. The molecule has 0 unspecified atom stereocenters. The van der Waals surface area contributed by atoms with Crippen LogP contribution in [0, 0.1) is 0 Å². The van der Waals surface area contributed by atoms with Gasteiger partial charge >= 0.3 is 0 Å². The monoisotopic (exact) mass is 300 g/mol. The molecular weight excluding hydrogens is 276 g/mol. The zero-order valence-electron chi connectivity index (χ0n) is 13.0. The molecule has 3 heteroatoms. The summed E-state index contributed by atoms with van der Waals surface area (Å²) in [6.07, 6.45) is 9.86. The summed E-state index contributed by atoms with van der Waals surface area (Å²) in [5.41, 5.74) is 3.32. The third-order valence-electron chi connectivity index (χ3n) is 3.40. The fraction of sp³-hybridized carbons (Fsp3) is 0.444. The van der Waals surface area contributed by atoms with Crippen molar-refractivity contribution in [2.75, 3.05) is 5.75 Å². The highest BCUT2D eigenvalue weighted by molar-refractivity contribution is 7.99. The molecule has 0 aromatic carbocycles. The molecule has 0 aliphatic heterocycles. The summed E-state index contributed by atoms with van der Waals surface area (Å²) < 4.78 is 0. The number of aryl methyl sites for hydroxylation is 1. The van der Waals surface area contributed by atoms with E-state index in [1.807, 2.05) is 24.2 Å². The molecule has 0 bridgehead atoms. The Morgan fingerprint density at radius 2 is 1.62 bits per heavy atom. The number of pyridine rings is 2. The largest absolute Gasteiger partial charge is 0.255 e. The highest BCUT2D eigenvalue weighted by Crippen LogP contribution is 2.24. The lowest BCUT2D eigenvalue weighted by atomic mass is 10.1. The second-order valence-electron chi connectivity index (χ2n) is 5.23. The molecule has 2 heterocycles. The lowest BCUT2D eigenvalue weighted by molar-refractivity contribution is 0.794. The predicted molar refractivity (Wildman–Crippen MR) is 91.7 cm³/mol. The van der Waals surface area contributed by atoms with Crippen LogP contribution < -0.4 is 0 Å². The molecule has 21 heavy (non-hydrogen) atoms. The first-order valence-electron chi connectivity index (χ1n) is 7.87. The van der Waals surface area contributed by atoms with Crippen molar-refractivity contribution >= 4 is 11.8 Å². The van der Waals surface area contributed by atoms with E-state index in [1.54, 1.807) is 0 Å². The summed E-state index contributed by atoms with van der Waals surface area (Å²) in [7, 11) is 0. The van der Waals surface area contributed by atoms with E-state index in [4.69, 9.17) is 0 Å². The Hall–Kier alpha value is -1.35. The number of hydrogen-bond donors (Lipinski definition) is 0. The summed E-state index contributed by atoms with van der Waals surface area (Å²) in [5, 5.41) is 0. The van der Waals surface area contributed by atoms with Crippen LogP contribution in [-0.2, 0) is 6.42 Å². The Bertz CT molecular complexity index is 554. The summed E-state index contributed by atoms with van der Waals surface area (Å²) in [6, 6.07) is 8.54. The van der Waals surface area contributed by atoms with Crippen LogP contribution in [0.2, 0.25) is 0 Å². The van der Waals surface area contributed by atoms with Crippen molar-refractivity contribution in [3.05, 3.63) is 42.2 Å². The minimum Gasteiger partial charge on any atom is -0.255 e. The van der Waals surface area contributed by atoms with Crippen molar-refractivity contribution in [3.8, 4) is 11.4 Å².